The number of hydrogen-bond donors (Lipinski definition) is 1. The highest BCUT2D eigenvalue weighted by atomic mass is 127. The van der Waals surface area contributed by atoms with Crippen molar-refractivity contribution in [3.05, 3.63) is 61.7 Å². The van der Waals surface area contributed by atoms with E-state index in [2.05, 4.69) is 27.9 Å². The van der Waals surface area contributed by atoms with Crippen LogP contribution in [0, 0.1) is 13.7 Å². The van der Waals surface area contributed by atoms with Crippen molar-refractivity contribution in [2.45, 2.75) is 0 Å². The average Bonchev–Trinajstić information content (AvgIpc) is 2.62. The number of nitrogens with one attached hydrogen (secondary N) is 1. The molecule has 1 aliphatic rings. The first kappa shape index (κ1) is 17.6. The summed E-state index contributed by atoms with van der Waals surface area (Å²) in [5.41, 5.74) is 1.44. The number of hydrogen-bond acceptors (Lipinski definition) is 5. The summed E-state index contributed by atoms with van der Waals surface area (Å²) >= 11 is 2.08. The van der Waals surface area contributed by atoms with Crippen LogP contribution in [0.3, 0.4) is 0 Å². The number of nitro groups is 1. The summed E-state index contributed by atoms with van der Waals surface area (Å²) in [6, 6.07) is 11.9. The topological polar surface area (TPSA) is 84.7 Å². The van der Waals surface area contributed by atoms with Crippen molar-refractivity contribution < 1.29 is 14.5 Å². The van der Waals surface area contributed by atoms with Gasteiger partial charge in [0, 0.05) is 28.4 Å². The third-order valence-corrected chi connectivity index (χ3v) is 4.84. The number of rotatable bonds is 4. The molecular weight excluding hydrogens is 437 g/mol. The molecule has 3 rings (SSSR count). The van der Waals surface area contributed by atoms with Gasteiger partial charge in [0.15, 0.2) is 0 Å². The Morgan fingerprint density at radius 1 is 1.20 bits per heavy atom. The predicted octanol–water partition coefficient (Wildman–Crippen LogP) is 3.29. The van der Waals surface area contributed by atoms with Gasteiger partial charge in [-0.3, -0.25) is 14.9 Å². The molecule has 1 aliphatic heterocycles. The number of morpholine rings is 1. The van der Waals surface area contributed by atoms with Crippen LogP contribution in [-0.2, 0) is 4.74 Å². The van der Waals surface area contributed by atoms with Gasteiger partial charge in [0.2, 0.25) is 0 Å². The first-order valence-electron chi connectivity index (χ1n) is 7.73. The van der Waals surface area contributed by atoms with E-state index in [1.807, 2.05) is 17.0 Å². The molecule has 1 amide bonds. The summed E-state index contributed by atoms with van der Waals surface area (Å²) in [5.74, 6) is -0.293. The Morgan fingerprint density at radius 2 is 1.92 bits per heavy atom. The quantitative estimate of drug-likeness (QED) is 0.437. The van der Waals surface area contributed by atoms with Gasteiger partial charge in [0.25, 0.3) is 11.6 Å². The van der Waals surface area contributed by atoms with Gasteiger partial charge in [-0.2, -0.15) is 0 Å². The lowest BCUT2D eigenvalue weighted by molar-refractivity contribution is -0.384. The van der Waals surface area contributed by atoms with Crippen LogP contribution < -0.4 is 10.2 Å². The maximum Gasteiger partial charge on any atom is 0.294 e. The summed E-state index contributed by atoms with van der Waals surface area (Å²) in [7, 11) is 0. The predicted molar refractivity (Wildman–Crippen MR) is 103 cm³/mol. The van der Waals surface area contributed by atoms with Crippen LogP contribution in [0.1, 0.15) is 10.4 Å². The van der Waals surface area contributed by atoms with Crippen molar-refractivity contribution >= 4 is 45.6 Å². The largest absolute Gasteiger partial charge is 0.378 e. The van der Waals surface area contributed by atoms with E-state index in [1.165, 1.54) is 6.07 Å². The number of amides is 1. The zero-order valence-electron chi connectivity index (χ0n) is 13.3. The molecule has 0 atom stereocenters. The van der Waals surface area contributed by atoms with Crippen LogP contribution in [0.15, 0.2) is 42.5 Å². The van der Waals surface area contributed by atoms with Gasteiger partial charge in [-0.1, -0.05) is 12.1 Å². The van der Waals surface area contributed by atoms with Crippen LogP contribution >= 0.6 is 22.6 Å². The first-order chi connectivity index (χ1) is 12.1. The van der Waals surface area contributed by atoms with Crippen LogP contribution in [0.2, 0.25) is 0 Å². The molecule has 2 aromatic rings. The van der Waals surface area contributed by atoms with Crippen molar-refractivity contribution in [3.8, 4) is 0 Å². The molecule has 2 aromatic carbocycles. The minimum Gasteiger partial charge on any atom is -0.378 e. The molecule has 0 saturated carbocycles. The van der Waals surface area contributed by atoms with E-state index in [0.29, 0.717) is 43.2 Å². The SMILES string of the molecule is O=C(Nc1ccc(N2CCOCC2)c([N+](=O)[O-])c1)c1ccccc1I. The molecule has 1 saturated heterocycles. The summed E-state index contributed by atoms with van der Waals surface area (Å²) in [6.07, 6.45) is 0. The highest BCUT2D eigenvalue weighted by molar-refractivity contribution is 14.1. The number of ether oxygens (including phenoxy) is 1. The van der Waals surface area contributed by atoms with E-state index in [9.17, 15) is 14.9 Å². The Bertz CT molecular complexity index is 806. The van der Waals surface area contributed by atoms with Gasteiger partial charge in [0.05, 0.1) is 23.7 Å². The maximum absolute atomic E-state index is 12.4. The standard InChI is InChI=1S/C17H16IN3O4/c18-14-4-2-1-3-13(14)17(22)19-12-5-6-15(16(11-12)21(23)24)20-7-9-25-10-8-20/h1-6,11H,7-10H2,(H,19,22). The molecule has 0 radical (unpaired) electrons. The zero-order valence-corrected chi connectivity index (χ0v) is 15.4. The number of anilines is 2. The van der Waals surface area contributed by atoms with Crippen molar-refractivity contribution in [1.29, 1.82) is 0 Å². The summed E-state index contributed by atoms with van der Waals surface area (Å²) in [6.45, 7) is 2.30. The molecular formula is C17H16IN3O4. The lowest BCUT2D eigenvalue weighted by Gasteiger charge is -2.28. The fraction of sp³-hybridized carbons (Fsp3) is 0.235. The van der Waals surface area contributed by atoms with Crippen molar-refractivity contribution in [2.24, 2.45) is 0 Å². The molecule has 8 heteroatoms. The maximum atomic E-state index is 12.4. The average molecular weight is 453 g/mol. The minimum absolute atomic E-state index is 0.0255. The van der Waals surface area contributed by atoms with Crippen molar-refractivity contribution in [2.75, 3.05) is 36.5 Å². The molecule has 0 unspecified atom stereocenters. The fourth-order valence-corrected chi connectivity index (χ4v) is 3.30. The Balaban J connectivity index is 1.85. The lowest BCUT2D eigenvalue weighted by atomic mass is 10.2. The lowest BCUT2D eigenvalue weighted by Crippen LogP contribution is -2.36. The molecule has 1 N–H and O–H groups in total. The fourth-order valence-electron chi connectivity index (χ4n) is 2.66. The third-order valence-electron chi connectivity index (χ3n) is 3.90. The van der Waals surface area contributed by atoms with E-state index in [0.717, 1.165) is 3.57 Å². The van der Waals surface area contributed by atoms with Gasteiger partial charge in [-0.25, -0.2) is 0 Å². The highest BCUT2D eigenvalue weighted by Crippen LogP contribution is 2.32. The molecule has 1 fully saturated rings. The Morgan fingerprint density at radius 3 is 2.60 bits per heavy atom. The van der Waals surface area contributed by atoms with E-state index < -0.39 is 4.92 Å². The Kier molecular flexibility index (Phi) is 5.49. The smallest absolute Gasteiger partial charge is 0.294 e. The number of carbonyl (C=O) groups is 1. The third kappa shape index (κ3) is 4.07. The van der Waals surface area contributed by atoms with Crippen LogP contribution in [-0.4, -0.2) is 37.1 Å². The molecule has 1 heterocycles. The number of carbonyl (C=O) groups excluding carboxylic acids is 1. The van der Waals surface area contributed by atoms with E-state index >= 15 is 0 Å². The molecule has 0 spiro atoms. The second-order valence-corrected chi connectivity index (χ2v) is 6.66. The number of nitrogens with zero attached hydrogens (tertiary/aromatic N) is 2. The molecule has 7 nitrogen and oxygen atoms in total. The van der Waals surface area contributed by atoms with Gasteiger partial charge in [-0.15, -0.1) is 0 Å². The van der Waals surface area contributed by atoms with Gasteiger partial charge >= 0.3 is 0 Å². The number of halogens is 1. The van der Waals surface area contributed by atoms with Gasteiger partial charge < -0.3 is 15.0 Å². The van der Waals surface area contributed by atoms with Crippen molar-refractivity contribution in [1.82, 2.24) is 0 Å². The van der Waals surface area contributed by atoms with Crippen LogP contribution in [0.4, 0.5) is 17.1 Å². The molecule has 25 heavy (non-hydrogen) atoms. The summed E-state index contributed by atoms with van der Waals surface area (Å²) < 4.78 is 6.11. The van der Waals surface area contributed by atoms with Crippen molar-refractivity contribution in [3.63, 3.8) is 0 Å². The Labute approximate surface area is 158 Å². The summed E-state index contributed by atoms with van der Waals surface area (Å²) in [4.78, 5) is 25.4. The first-order valence-corrected chi connectivity index (χ1v) is 8.81. The molecule has 130 valence electrons. The molecule has 0 aromatic heterocycles. The minimum atomic E-state index is -0.424. The highest BCUT2D eigenvalue weighted by Gasteiger charge is 2.22. The van der Waals surface area contributed by atoms with Gasteiger partial charge in [-0.05, 0) is 46.9 Å². The zero-order chi connectivity index (χ0) is 17.8. The second kappa shape index (κ2) is 7.79. The summed E-state index contributed by atoms with van der Waals surface area (Å²) in [5, 5.41) is 14.2. The van der Waals surface area contributed by atoms with Gasteiger partial charge in [0.1, 0.15) is 5.69 Å². The van der Waals surface area contributed by atoms with E-state index in [1.54, 1.807) is 24.3 Å². The number of nitro benzene ring substituents is 1. The monoisotopic (exact) mass is 453 g/mol. The second-order valence-electron chi connectivity index (χ2n) is 5.49. The van der Waals surface area contributed by atoms with Crippen LogP contribution in [0.5, 0.6) is 0 Å². The number of benzene rings is 2. The van der Waals surface area contributed by atoms with E-state index in [4.69, 9.17) is 4.74 Å². The van der Waals surface area contributed by atoms with Crippen LogP contribution in [0.25, 0.3) is 0 Å². The normalized spacial score (nSPS) is 14.2. The Hall–Kier alpha value is -2.20. The molecule has 0 aliphatic carbocycles. The van der Waals surface area contributed by atoms with E-state index in [-0.39, 0.29) is 11.6 Å². The molecule has 0 bridgehead atoms.